The van der Waals surface area contributed by atoms with Crippen LogP contribution in [0.1, 0.15) is 18.8 Å². The number of rotatable bonds is 3. The molecule has 0 radical (unpaired) electrons. The van der Waals surface area contributed by atoms with Crippen LogP contribution in [0.5, 0.6) is 0 Å². The third-order valence-electron chi connectivity index (χ3n) is 3.70. The molecule has 3 rings (SSSR count). The summed E-state index contributed by atoms with van der Waals surface area (Å²) in [5, 5.41) is 7.31. The topological polar surface area (TPSA) is 54.2 Å². The van der Waals surface area contributed by atoms with Crippen LogP contribution in [0, 0.1) is 5.82 Å². The average molecular weight is 355 g/mol. The smallest absolute Gasteiger partial charge is 0.260 e. The molecule has 0 spiro atoms. The number of nitrogens with zero attached hydrogens (tertiary/aromatic N) is 3. The van der Waals surface area contributed by atoms with E-state index in [0.717, 1.165) is 26.2 Å². The van der Waals surface area contributed by atoms with E-state index in [-0.39, 0.29) is 17.7 Å². The summed E-state index contributed by atoms with van der Waals surface area (Å²) >= 11 is 3.16. The molecule has 1 fully saturated rings. The second kappa shape index (κ2) is 6.21. The highest BCUT2D eigenvalue weighted by Gasteiger charge is 2.23. The Morgan fingerprint density at radius 2 is 2.14 bits per heavy atom. The largest absolute Gasteiger partial charge is 0.334 e. The van der Waals surface area contributed by atoms with Gasteiger partial charge in [-0.1, -0.05) is 11.2 Å². The average Bonchev–Trinajstić information content (AvgIpc) is 3.00. The Kier molecular flexibility index (Phi) is 4.32. The predicted molar refractivity (Wildman–Crippen MR) is 80.2 cm³/mol. The van der Waals surface area contributed by atoms with Crippen molar-refractivity contribution in [1.29, 1.82) is 0 Å². The van der Waals surface area contributed by atoms with E-state index in [0.29, 0.717) is 15.9 Å². The first-order valence-electron chi connectivity index (χ1n) is 6.89. The molecule has 112 valence electrons. The van der Waals surface area contributed by atoms with Gasteiger partial charge in [0.1, 0.15) is 5.82 Å². The van der Waals surface area contributed by atoms with E-state index in [4.69, 9.17) is 4.52 Å². The minimum atomic E-state index is -0.387. The zero-order chi connectivity index (χ0) is 14.8. The molecule has 2 heterocycles. The van der Waals surface area contributed by atoms with Crippen molar-refractivity contribution in [2.75, 3.05) is 26.2 Å². The molecule has 1 aromatic carbocycles. The van der Waals surface area contributed by atoms with Crippen LogP contribution in [0.3, 0.4) is 0 Å². The number of benzene rings is 1. The summed E-state index contributed by atoms with van der Waals surface area (Å²) in [4.78, 5) is 6.64. The normalized spacial score (nSPS) is 17.9. The van der Waals surface area contributed by atoms with Gasteiger partial charge in [0.15, 0.2) is 5.82 Å². The number of nitrogens with one attached hydrogen (secondary N) is 1. The molecule has 1 aliphatic heterocycles. The lowest BCUT2D eigenvalue weighted by molar-refractivity contribution is 0.176. The van der Waals surface area contributed by atoms with Gasteiger partial charge in [0, 0.05) is 26.2 Å². The third kappa shape index (κ3) is 3.00. The summed E-state index contributed by atoms with van der Waals surface area (Å²) in [6.07, 6.45) is 0. The first-order chi connectivity index (χ1) is 10.2. The van der Waals surface area contributed by atoms with E-state index in [2.05, 4.69) is 36.3 Å². The second-order valence-corrected chi connectivity index (χ2v) is 5.88. The second-order valence-electron chi connectivity index (χ2n) is 5.02. The SMILES string of the molecule is CC(c1noc(-c2cccc(Br)c2F)n1)N1CCNCC1. The van der Waals surface area contributed by atoms with Gasteiger partial charge in [-0.25, -0.2) is 4.39 Å². The summed E-state index contributed by atoms with van der Waals surface area (Å²) in [7, 11) is 0. The predicted octanol–water partition coefficient (Wildman–Crippen LogP) is 2.60. The van der Waals surface area contributed by atoms with Crippen molar-refractivity contribution in [3.05, 3.63) is 34.3 Å². The molecule has 1 aliphatic rings. The quantitative estimate of drug-likeness (QED) is 0.917. The molecule has 0 saturated carbocycles. The maximum absolute atomic E-state index is 14.1. The lowest BCUT2D eigenvalue weighted by Crippen LogP contribution is -2.44. The van der Waals surface area contributed by atoms with E-state index in [9.17, 15) is 4.39 Å². The molecule has 7 heteroatoms. The fraction of sp³-hybridized carbons (Fsp3) is 0.429. The monoisotopic (exact) mass is 354 g/mol. The van der Waals surface area contributed by atoms with Crippen molar-refractivity contribution in [2.24, 2.45) is 0 Å². The molecule has 0 amide bonds. The van der Waals surface area contributed by atoms with Crippen LogP contribution >= 0.6 is 15.9 Å². The van der Waals surface area contributed by atoms with E-state index in [1.165, 1.54) is 0 Å². The Labute approximate surface area is 130 Å². The number of piperazine rings is 1. The van der Waals surface area contributed by atoms with E-state index >= 15 is 0 Å². The molecule has 0 bridgehead atoms. The van der Waals surface area contributed by atoms with E-state index in [1.807, 2.05) is 6.92 Å². The van der Waals surface area contributed by atoms with Gasteiger partial charge in [0.25, 0.3) is 5.89 Å². The first kappa shape index (κ1) is 14.6. The first-order valence-corrected chi connectivity index (χ1v) is 7.69. The van der Waals surface area contributed by atoms with Gasteiger partial charge in [0.2, 0.25) is 0 Å². The summed E-state index contributed by atoms with van der Waals surface area (Å²) < 4.78 is 19.7. The fourth-order valence-corrected chi connectivity index (χ4v) is 2.78. The van der Waals surface area contributed by atoms with Crippen molar-refractivity contribution in [3.63, 3.8) is 0 Å². The number of halogens is 2. The van der Waals surface area contributed by atoms with Gasteiger partial charge < -0.3 is 9.84 Å². The molecule has 1 aromatic heterocycles. The van der Waals surface area contributed by atoms with E-state index < -0.39 is 0 Å². The summed E-state index contributed by atoms with van der Waals surface area (Å²) in [6, 6.07) is 5.07. The highest BCUT2D eigenvalue weighted by Crippen LogP contribution is 2.28. The molecule has 1 atom stereocenters. The lowest BCUT2D eigenvalue weighted by Gasteiger charge is -2.30. The van der Waals surface area contributed by atoms with Crippen molar-refractivity contribution in [2.45, 2.75) is 13.0 Å². The Hall–Kier alpha value is -1.31. The standard InChI is InChI=1S/C14H16BrFN4O/c1-9(20-7-5-17-6-8-20)13-18-14(21-19-13)10-3-2-4-11(15)12(10)16/h2-4,9,17H,5-8H2,1H3. The molecule has 5 nitrogen and oxygen atoms in total. The maximum atomic E-state index is 14.1. The van der Waals surface area contributed by atoms with Crippen LogP contribution in [0.25, 0.3) is 11.5 Å². The highest BCUT2D eigenvalue weighted by molar-refractivity contribution is 9.10. The summed E-state index contributed by atoms with van der Waals surface area (Å²) in [6.45, 7) is 5.83. The van der Waals surface area contributed by atoms with Crippen LogP contribution in [-0.4, -0.2) is 41.2 Å². The number of aromatic nitrogens is 2. The highest BCUT2D eigenvalue weighted by atomic mass is 79.9. The molecule has 1 saturated heterocycles. The fourth-order valence-electron chi connectivity index (χ4n) is 2.42. The van der Waals surface area contributed by atoms with Crippen molar-refractivity contribution < 1.29 is 8.91 Å². The molecule has 21 heavy (non-hydrogen) atoms. The lowest BCUT2D eigenvalue weighted by atomic mass is 10.2. The van der Waals surface area contributed by atoms with Crippen LogP contribution < -0.4 is 5.32 Å². The maximum Gasteiger partial charge on any atom is 0.260 e. The van der Waals surface area contributed by atoms with Gasteiger partial charge >= 0.3 is 0 Å². The minimum Gasteiger partial charge on any atom is -0.334 e. The van der Waals surface area contributed by atoms with Crippen molar-refractivity contribution in [3.8, 4) is 11.5 Å². The van der Waals surface area contributed by atoms with E-state index in [1.54, 1.807) is 18.2 Å². The molecular weight excluding hydrogens is 339 g/mol. The van der Waals surface area contributed by atoms with Crippen LogP contribution in [0.15, 0.2) is 27.2 Å². The molecular formula is C14H16BrFN4O. The van der Waals surface area contributed by atoms with Crippen LogP contribution in [-0.2, 0) is 0 Å². The Morgan fingerprint density at radius 1 is 1.38 bits per heavy atom. The summed E-state index contributed by atoms with van der Waals surface area (Å²) in [5.41, 5.74) is 0.315. The number of hydrogen-bond acceptors (Lipinski definition) is 5. The minimum absolute atomic E-state index is 0.0554. The summed E-state index contributed by atoms with van der Waals surface area (Å²) in [5.74, 6) is 0.416. The molecule has 0 aliphatic carbocycles. The zero-order valence-electron chi connectivity index (χ0n) is 11.6. The van der Waals surface area contributed by atoms with Gasteiger partial charge in [-0.2, -0.15) is 4.98 Å². The Morgan fingerprint density at radius 3 is 2.90 bits per heavy atom. The zero-order valence-corrected chi connectivity index (χ0v) is 13.2. The number of hydrogen-bond donors (Lipinski definition) is 1. The van der Waals surface area contributed by atoms with Gasteiger partial charge in [-0.15, -0.1) is 0 Å². The molecule has 2 aromatic rings. The van der Waals surface area contributed by atoms with Crippen molar-refractivity contribution in [1.82, 2.24) is 20.4 Å². The molecule has 1 unspecified atom stereocenters. The van der Waals surface area contributed by atoms with Crippen LogP contribution in [0.4, 0.5) is 4.39 Å². The van der Waals surface area contributed by atoms with Crippen molar-refractivity contribution >= 4 is 15.9 Å². The third-order valence-corrected chi connectivity index (χ3v) is 4.31. The molecule has 1 N–H and O–H groups in total. The Bertz CT molecular complexity index is 627. The van der Waals surface area contributed by atoms with Gasteiger partial charge in [-0.3, -0.25) is 4.90 Å². The van der Waals surface area contributed by atoms with Gasteiger partial charge in [0.05, 0.1) is 16.1 Å². The Balaban J connectivity index is 1.84. The van der Waals surface area contributed by atoms with Crippen LogP contribution in [0.2, 0.25) is 0 Å². The van der Waals surface area contributed by atoms with Gasteiger partial charge in [-0.05, 0) is 35.0 Å².